The van der Waals surface area contributed by atoms with Crippen LogP contribution < -0.4 is 10.1 Å². The summed E-state index contributed by atoms with van der Waals surface area (Å²) in [6.45, 7) is 1.63. The number of ether oxygens (including phenoxy) is 1. The van der Waals surface area contributed by atoms with Crippen molar-refractivity contribution in [2.45, 2.75) is 13.0 Å². The quantitative estimate of drug-likeness (QED) is 0.885. The molecule has 0 aliphatic heterocycles. The van der Waals surface area contributed by atoms with Crippen molar-refractivity contribution < 1.29 is 19.4 Å². The molecule has 0 spiro atoms. The number of para-hydroxylation sites is 1. The van der Waals surface area contributed by atoms with E-state index in [0.717, 1.165) is 0 Å². The molecule has 0 heterocycles. The lowest BCUT2D eigenvalue weighted by atomic mass is 10.2. The molecule has 0 fully saturated rings. The van der Waals surface area contributed by atoms with Crippen LogP contribution >= 0.6 is 0 Å². The van der Waals surface area contributed by atoms with E-state index in [0.29, 0.717) is 11.4 Å². The Morgan fingerprint density at radius 3 is 2.48 bits per heavy atom. The number of aromatic carboxylic acids is 1. The topological polar surface area (TPSA) is 75.6 Å². The molecule has 5 heteroatoms. The van der Waals surface area contributed by atoms with Gasteiger partial charge in [0.1, 0.15) is 5.75 Å². The third-order valence-corrected chi connectivity index (χ3v) is 2.80. The Hall–Kier alpha value is -2.82. The minimum atomic E-state index is -1.04. The highest BCUT2D eigenvalue weighted by atomic mass is 16.5. The van der Waals surface area contributed by atoms with E-state index in [2.05, 4.69) is 5.32 Å². The molecule has 0 aliphatic carbocycles. The van der Waals surface area contributed by atoms with Crippen molar-refractivity contribution in [2.24, 2.45) is 0 Å². The lowest BCUT2D eigenvalue weighted by Crippen LogP contribution is -2.30. The monoisotopic (exact) mass is 285 g/mol. The number of carbonyl (C=O) groups excluding carboxylic acids is 1. The van der Waals surface area contributed by atoms with Crippen LogP contribution in [0.5, 0.6) is 5.75 Å². The molecule has 0 bridgehead atoms. The first-order valence-corrected chi connectivity index (χ1v) is 6.42. The van der Waals surface area contributed by atoms with E-state index in [1.807, 2.05) is 18.2 Å². The molecule has 0 radical (unpaired) electrons. The summed E-state index contributed by atoms with van der Waals surface area (Å²) in [5.41, 5.74) is 0.535. The van der Waals surface area contributed by atoms with E-state index >= 15 is 0 Å². The van der Waals surface area contributed by atoms with E-state index in [1.54, 1.807) is 31.2 Å². The highest BCUT2D eigenvalue weighted by Crippen LogP contribution is 2.14. The number of benzene rings is 2. The maximum Gasteiger partial charge on any atom is 0.335 e. The van der Waals surface area contributed by atoms with Crippen LogP contribution in [0.3, 0.4) is 0 Å². The van der Waals surface area contributed by atoms with Crippen molar-refractivity contribution in [1.29, 1.82) is 0 Å². The minimum absolute atomic E-state index is 0.115. The van der Waals surface area contributed by atoms with Gasteiger partial charge >= 0.3 is 5.97 Å². The second kappa shape index (κ2) is 6.56. The minimum Gasteiger partial charge on any atom is -0.481 e. The fourth-order valence-electron chi connectivity index (χ4n) is 1.73. The molecule has 0 aliphatic rings. The summed E-state index contributed by atoms with van der Waals surface area (Å²) in [6.07, 6.45) is -0.694. The van der Waals surface area contributed by atoms with Gasteiger partial charge in [0.25, 0.3) is 5.91 Å². The van der Waals surface area contributed by atoms with Gasteiger partial charge in [-0.15, -0.1) is 0 Å². The lowest BCUT2D eigenvalue weighted by Gasteiger charge is -2.14. The summed E-state index contributed by atoms with van der Waals surface area (Å²) < 4.78 is 5.50. The Balaban J connectivity index is 2.00. The first-order valence-electron chi connectivity index (χ1n) is 6.42. The number of carboxylic acids is 1. The van der Waals surface area contributed by atoms with Crippen LogP contribution in [0.15, 0.2) is 54.6 Å². The molecule has 0 saturated carbocycles. The van der Waals surface area contributed by atoms with Gasteiger partial charge in [0.15, 0.2) is 6.10 Å². The summed E-state index contributed by atoms with van der Waals surface area (Å²) in [5.74, 6) is -0.791. The Labute approximate surface area is 122 Å². The smallest absolute Gasteiger partial charge is 0.335 e. The molecule has 2 rings (SSSR count). The Morgan fingerprint density at radius 2 is 1.81 bits per heavy atom. The average Bonchev–Trinajstić information content (AvgIpc) is 2.48. The lowest BCUT2D eigenvalue weighted by molar-refractivity contribution is -0.122. The molecule has 0 unspecified atom stereocenters. The van der Waals surface area contributed by atoms with Gasteiger partial charge in [-0.1, -0.05) is 24.3 Å². The van der Waals surface area contributed by atoms with Crippen LogP contribution in [0.25, 0.3) is 0 Å². The second-order valence-corrected chi connectivity index (χ2v) is 4.45. The molecule has 0 aromatic heterocycles. The van der Waals surface area contributed by atoms with Crippen LogP contribution in [0.1, 0.15) is 17.3 Å². The van der Waals surface area contributed by atoms with Crippen LogP contribution in [-0.2, 0) is 4.79 Å². The number of carboxylic acid groups (broad SMARTS) is 1. The van der Waals surface area contributed by atoms with E-state index in [4.69, 9.17) is 9.84 Å². The molecule has 21 heavy (non-hydrogen) atoms. The number of carbonyl (C=O) groups is 2. The zero-order valence-corrected chi connectivity index (χ0v) is 11.4. The van der Waals surface area contributed by atoms with Gasteiger partial charge < -0.3 is 15.2 Å². The second-order valence-electron chi connectivity index (χ2n) is 4.45. The van der Waals surface area contributed by atoms with Gasteiger partial charge in [-0.2, -0.15) is 0 Å². The molecule has 5 nitrogen and oxygen atoms in total. The largest absolute Gasteiger partial charge is 0.481 e. The van der Waals surface area contributed by atoms with Crippen molar-refractivity contribution in [3.8, 4) is 5.75 Å². The molecule has 2 aromatic carbocycles. The van der Waals surface area contributed by atoms with Crippen molar-refractivity contribution in [1.82, 2.24) is 0 Å². The first kappa shape index (κ1) is 14.6. The Bertz CT molecular complexity index is 640. The highest BCUT2D eigenvalue weighted by molar-refractivity contribution is 5.96. The maximum absolute atomic E-state index is 12.0. The standard InChI is InChI=1S/C16H15NO4/c1-11(21-14-8-3-2-4-9-14)15(18)17-13-7-5-6-12(10-13)16(19)20/h2-11H,1H3,(H,17,18)(H,19,20)/t11-/m0/s1. The normalized spacial score (nSPS) is 11.5. The van der Waals surface area contributed by atoms with Gasteiger partial charge in [-0.25, -0.2) is 4.79 Å². The predicted molar refractivity (Wildman–Crippen MR) is 78.6 cm³/mol. The van der Waals surface area contributed by atoms with Gasteiger partial charge in [-0.3, -0.25) is 4.79 Å². The van der Waals surface area contributed by atoms with E-state index in [-0.39, 0.29) is 11.5 Å². The summed E-state index contributed by atoms with van der Waals surface area (Å²) in [4.78, 5) is 22.9. The fraction of sp³-hybridized carbons (Fsp3) is 0.125. The van der Waals surface area contributed by atoms with Crippen molar-refractivity contribution in [3.05, 3.63) is 60.2 Å². The van der Waals surface area contributed by atoms with Crippen molar-refractivity contribution in [3.63, 3.8) is 0 Å². The van der Waals surface area contributed by atoms with E-state index in [9.17, 15) is 9.59 Å². The Morgan fingerprint density at radius 1 is 1.10 bits per heavy atom. The Kier molecular flexibility index (Phi) is 4.56. The summed E-state index contributed by atoms with van der Waals surface area (Å²) in [5, 5.41) is 11.5. The molecule has 1 atom stereocenters. The summed E-state index contributed by atoms with van der Waals surface area (Å²) >= 11 is 0. The van der Waals surface area contributed by atoms with E-state index in [1.165, 1.54) is 12.1 Å². The molecule has 0 saturated heterocycles. The average molecular weight is 285 g/mol. The first-order chi connectivity index (χ1) is 10.1. The van der Waals surface area contributed by atoms with Crippen molar-refractivity contribution >= 4 is 17.6 Å². The molecule has 2 aromatic rings. The predicted octanol–water partition coefficient (Wildman–Crippen LogP) is 2.79. The number of amides is 1. The van der Waals surface area contributed by atoms with Gasteiger partial charge in [0.05, 0.1) is 5.56 Å². The summed E-state index contributed by atoms with van der Waals surface area (Å²) in [7, 11) is 0. The molecular formula is C16H15NO4. The van der Waals surface area contributed by atoms with Gasteiger partial charge in [0.2, 0.25) is 0 Å². The highest BCUT2D eigenvalue weighted by Gasteiger charge is 2.15. The van der Waals surface area contributed by atoms with E-state index < -0.39 is 12.1 Å². The third-order valence-electron chi connectivity index (χ3n) is 2.80. The number of hydrogen-bond donors (Lipinski definition) is 2. The van der Waals surface area contributed by atoms with Crippen LogP contribution in [0, 0.1) is 0 Å². The number of anilines is 1. The van der Waals surface area contributed by atoms with Crippen LogP contribution in [-0.4, -0.2) is 23.1 Å². The fourth-order valence-corrected chi connectivity index (χ4v) is 1.73. The van der Waals surface area contributed by atoms with Crippen LogP contribution in [0.4, 0.5) is 5.69 Å². The zero-order chi connectivity index (χ0) is 15.2. The number of nitrogens with one attached hydrogen (secondary N) is 1. The molecule has 1 amide bonds. The maximum atomic E-state index is 12.0. The number of rotatable bonds is 5. The molecular weight excluding hydrogens is 270 g/mol. The number of hydrogen-bond acceptors (Lipinski definition) is 3. The van der Waals surface area contributed by atoms with Crippen LogP contribution in [0.2, 0.25) is 0 Å². The molecule has 108 valence electrons. The molecule has 2 N–H and O–H groups in total. The van der Waals surface area contributed by atoms with Gasteiger partial charge in [0, 0.05) is 5.69 Å². The van der Waals surface area contributed by atoms with Gasteiger partial charge in [-0.05, 0) is 37.3 Å². The van der Waals surface area contributed by atoms with Crippen molar-refractivity contribution in [2.75, 3.05) is 5.32 Å². The zero-order valence-electron chi connectivity index (χ0n) is 11.4. The SMILES string of the molecule is C[C@H](Oc1ccccc1)C(=O)Nc1cccc(C(=O)O)c1. The summed E-state index contributed by atoms with van der Waals surface area (Å²) in [6, 6.07) is 15.1. The third kappa shape index (κ3) is 4.07.